The highest BCUT2D eigenvalue weighted by Crippen LogP contribution is 2.13. The van der Waals surface area contributed by atoms with Crippen molar-refractivity contribution in [3.05, 3.63) is 11.1 Å². The molecule has 2 heterocycles. The summed E-state index contributed by atoms with van der Waals surface area (Å²) in [5.74, 6) is 0.00200. The van der Waals surface area contributed by atoms with Gasteiger partial charge < -0.3 is 10.6 Å². The first-order chi connectivity index (χ1) is 9.63. The van der Waals surface area contributed by atoms with Crippen LogP contribution in [-0.4, -0.2) is 73.6 Å². The van der Waals surface area contributed by atoms with Crippen LogP contribution in [-0.2, 0) is 4.79 Å². The Morgan fingerprint density at radius 2 is 2.30 bits per heavy atom. The number of hydrogen-bond acceptors (Lipinski definition) is 6. The Balaban J connectivity index is 1.65. The number of carbonyl (C=O) groups is 1. The summed E-state index contributed by atoms with van der Waals surface area (Å²) in [4.78, 5) is 20.6. The number of anilines is 1. The fourth-order valence-electron chi connectivity index (χ4n) is 2.14. The zero-order chi connectivity index (χ0) is 14.4. The lowest BCUT2D eigenvalue weighted by Crippen LogP contribution is -2.46. The fourth-order valence-corrected chi connectivity index (χ4v) is 2.85. The number of likely N-dealkylation sites (N-methyl/N-ethyl adjacent to an activating group) is 1. The molecule has 0 atom stereocenters. The summed E-state index contributed by atoms with van der Waals surface area (Å²) in [5, 5.41) is 8.79. The van der Waals surface area contributed by atoms with Crippen molar-refractivity contribution in [2.45, 2.75) is 6.92 Å². The average molecular weight is 297 g/mol. The number of carbonyl (C=O) groups excluding carboxylic acids is 1. The van der Waals surface area contributed by atoms with E-state index in [1.54, 1.807) is 0 Å². The van der Waals surface area contributed by atoms with Crippen molar-refractivity contribution in [3.63, 3.8) is 0 Å². The zero-order valence-electron chi connectivity index (χ0n) is 12.2. The van der Waals surface area contributed by atoms with Crippen LogP contribution in [0.1, 0.15) is 5.69 Å². The molecule has 1 fully saturated rings. The number of nitrogens with one attached hydrogen (secondary N) is 2. The Bertz CT molecular complexity index is 430. The van der Waals surface area contributed by atoms with Gasteiger partial charge in [0.2, 0.25) is 5.91 Å². The van der Waals surface area contributed by atoms with E-state index >= 15 is 0 Å². The first-order valence-electron chi connectivity index (χ1n) is 6.97. The van der Waals surface area contributed by atoms with Crippen LogP contribution < -0.4 is 10.6 Å². The van der Waals surface area contributed by atoms with Crippen molar-refractivity contribution in [3.8, 4) is 0 Å². The van der Waals surface area contributed by atoms with Crippen LogP contribution in [0, 0.1) is 6.92 Å². The van der Waals surface area contributed by atoms with Crippen molar-refractivity contribution in [1.82, 2.24) is 20.1 Å². The number of nitrogens with zero attached hydrogens (tertiary/aromatic N) is 3. The molecule has 1 aromatic heterocycles. The van der Waals surface area contributed by atoms with Gasteiger partial charge in [0.1, 0.15) is 0 Å². The van der Waals surface area contributed by atoms with Gasteiger partial charge in [-0.2, -0.15) is 0 Å². The molecule has 7 heteroatoms. The van der Waals surface area contributed by atoms with Crippen LogP contribution in [0.15, 0.2) is 5.38 Å². The topological polar surface area (TPSA) is 60.5 Å². The molecule has 112 valence electrons. The van der Waals surface area contributed by atoms with Gasteiger partial charge in [-0.05, 0) is 14.0 Å². The van der Waals surface area contributed by atoms with E-state index < -0.39 is 0 Å². The molecule has 0 spiro atoms. The van der Waals surface area contributed by atoms with Gasteiger partial charge in [-0.3, -0.25) is 14.6 Å². The summed E-state index contributed by atoms with van der Waals surface area (Å²) in [6.45, 7) is 8.57. The Morgan fingerprint density at radius 3 is 2.95 bits per heavy atom. The maximum absolute atomic E-state index is 11.9. The predicted molar refractivity (Wildman–Crippen MR) is 82.3 cm³/mol. The third kappa shape index (κ3) is 5.16. The van der Waals surface area contributed by atoms with Crippen molar-refractivity contribution in [2.75, 3.05) is 58.2 Å². The highest BCUT2D eigenvalue weighted by molar-refractivity contribution is 7.13. The van der Waals surface area contributed by atoms with Crippen molar-refractivity contribution in [1.29, 1.82) is 0 Å². The van der Waals surface area contributed by atoms with Crippen LogP contribution in [0.4, 0.5) is 5.13 Å². The van der Waals surface area contributed by atoms with Gasteiger partial charge in [0.25, 0.3) is 0 Å². The molecule has 20 heavy (non-hydrogen) atoms. The molecule has 1 amide bonds. The SMILES string of the molecule is Cc1csc(NC(=O)CN(C)CCN2CCNCC2)n1. The van der Waals surface area contributed by atoms with E-state index in [9.17, 15) is 4.79 Å². The molecule has 1 aliphatic heterocycles. The molecular weight excluding hydrogens is 274 g/mol. The molecule has 0 aliphatic carbocycles. The largest absolute Gasteiger partial charge is 0.314 e. The number of aryl methyl sites for hydroxylation is 1. The van der Waals surface area contributed by atoms with E-state index in [0.29, 0.717) is 11.7 Å². The van der Waals surface area contributed by atoms with Crippen LogP contribution in [0.5, 0.6) is 0 Å². The molecule has 0 unspecified atom stereocenters. The quantitative estimate of drug-likeness (QED) is 0.787. The fraction of sp³-hybridized carbons (Fsp3) is 0.692. The van der Waals surface area contributed by atoms with Gasteiger partial charge >= 0.3 is 0 Å². The number of amides is 1. The first-order valence-corrected chi connectivity index (χ1v) is 7.85. The number of hydrogen-bond donors (Lipinski definition) is 2. The van der Waals surface area contributed by atoms with Gasteiger partial charge in [0, 0.05) is 44.6 Å². The molecule has 2 N–H and O–H groups in total. The van der Waals surface area contributed by atoms with E-state index in [-0.39, 0.29) is 5.91 Å². The Labute approximate surface area is 124 Å². The Kier molecular flexibility index (Phi) is 5.90. The summed E-state index contributed by atoms with van der Waals surface area (Å²) < 4.78 is 0. The normalized spacial score (nSPS) is 16.6. The summed E-state index contributed by atoms with van der Waals surface area (Å²) in [6, 6.07) is 0. The molecule has 6 nitrogen and oxygen atoms in total. The minimum atomic E-state index is 0.00200. The van der Waals surface area contributed by atoms with Gasteiger partial charge in [-0.25, -0.2) is 4.98 Å². The van der Waals surface area contributed by atoms with Gasteiger partial charge in [-0.1, -0.05) is 0 Å². The van der Waals surface area contributed by atoms with Crippen LogP contribution in [0.25, 0.3) is 0 Å². The standard InChI is InChI=1S/C13H23N5OS/c1-11-10-20-13(15-11)16-12(19)9-17(2)7-8-18-5-3-14-4-6-18/h10,14H,3-9H2,1-2H3,(H,15,16,19). The third-order valence-corrected chi connectivity index (χ3v) is 4.16. The second-order valence-electron chi connectivity index (χ2n) is 5.17. The molecule has 0 bridgehead atoms. The smallest absolute Gasteiger partial charge is 0.240 e. The van der Waals surface area contributed by atoms with Crippen molar-refractivity contribution in [2.24, 2.45) is 0 Å². The predicted octanol–water partition coefficient (Wildman–Crippen LogP) is 0.227. The van der Waals surface area contributed by atoms with Crippen LogP contribution in [0.3, 0.4) is 0 Å². The van der Waals surface area contributed by atoms with E-state index in [1.807, 2.05) is 19.4 Å². The Hall–Kier alpha value is -1.02. The maximum atomic E-state index is 11.9. The summed E-state index contributed by atoms with van der Waals surface area (Å²) in [7, 11) is 1.98. The van der Waals surface area contributed by atoms with Crippen LogP contribution >= 0.6 is 11.3 Å². The van der Waals surface area contributed by atoms with Gasteiger partial charge in [0.15, 0.2) is 5.13 Å². The summed E-state index contributed by atoms with van der Waals surface area (Å²) >= 11 is 1.46. The lowest BCUT2D eigenvalue weighted by Gasteiger charge is -2.28. The average Bonchev–Trinajstić information content (AvgIpc) is 2.83. The molecular formula is C13H23N5OS. The minimum Gasteiger partial charge on any atom is -0.314 e. The highest BCUT2D eigenvalue weighted by atomic mass is 32.1. The molecule has 1 aliphatic rings. The lowest BCUT2D eigenvalue weighted by atomic mass is 10.3. The first kappa shape index (κ1) is 15.4. The van der Waals surface area contributed by atoms with Crippen molar-refractivity contribution < 1.29 is 4.79 Å². The minimum absolute atomic E-state index is 0.00200. The number of rotatable bonds is 6. The molecule has 2 rings (SSSR count). The maximum Gasteiger partial charge on any atom is 0.240 e. The van der Waals surface area contributed by atoms with E-state index in [0.717, 1.165) is 45.0 Å². The zero-order valence-corrected chi connectivity index (χ0v) is 13.0. The molecule has 0 radical (unpaired) electrons. The number of aromatic nitrogens is 1. The highest BCUT2D eigenvalue weighted by Gasteiger charge is 2.12. The number of thiazole rings is 1. The van der Waals surface area contributed by atoms with E-state index in [1.165, 1.54) is 11.3 Å². The molecule has 0 saturated carbocycles. The van der Waals surface area contributed by atoms with E-state index in [4.69, 9.17) is 0 Å². The van der Waals surface area contributed by atoms with Gasteiger partial charge in [-0.15, -0.1) is 11.3 Å². The summed E-state index contributed by atoms with van der Waals surface area (Å²) in [5.41, 5.74) is 0.942. The Morgan fingerprint density at radius 1 is 1.55 bits per heavy atom. The third-order valence-electron chi connectivity index (χ3n) is 3.29. The van der Waals surface area contributed by atoms with Crippen LogP contribution in [0.2, 0.25) is 0 Å². The number of piperazine rings is 1. The van der Waals surface area contributed by atoms with Crippen molar-refractivity contribution >= 4 is 22.4 Å². The van der Waals surface area contributed by atoms with E-state index in [2.05, 4.69) is 25.4 Å². The second-order valence-corrected chi connectivity index (χ2v) is 6.03. The molecule has 1 saturated heterocycles. The molecule has 0 aromatic carbocycles. The molecule has 1 aromatic rings. The second kappa shape index (κ2) is 7.68. The van der Waals surface area contributed by atoms with Gasteiger partial charge in [0.05, 0.1) is 12.2 Å². The monoisotopic (exact) mass is 297 g/mol. The lowest BCUT2D eigenvalue weighted by molar-refractivity contribution is -0.117. The summed E-state index contributed by atoms with van der Waals surface area (Å²) in [6.07, 6.45) is 0.